The molecule has 6 nitrogen and oxygen atoms in total. The number of carbonyl (C=O) groups is 2. The van der Waals surface area contributed by atoms with E-state index in [1.807, 2.05) is 0 Å². The Labute approximate surface area is 82.4 Å². The highest BCUT2D eigenvalue weighted by Crippen LogP contribution is 1.73. The standard InChI is InChI=1S/C4H6O3.C4H10O3/c1-3(5)7-4(2)6;5-1-3-7-4-2-6/h1-2H3;5-6H,1-4H2. The second-order valence-electron chi connectivity index (χ2n) is 2.14. The summed E-state index contributed by atoms with van der Waals surface area (Å²) in [6.45, 7) is 3.06. The monoisotopic (exact) mass is 208 g/mol. The fourth-order valence-electron chi connectivity index (χ4n) is 0.434. The number of hydrogen-bond acceptors (Lipinski definition) is 6. The summed E-state index contributed by atoms with van der Waals surface area (Å²) in [5.74, 6) is -1.12. The van der Waals surface area contributed by atoms with Crippen LogP contribution in [0.3, 0.4) is 0 Å². The van der Waals surface area contributed by atoms with Crippen LogP contribution < -0.4 is 0 Å². The van der Waals surface area contributed by atoms with Gasteiger partial charge >= 0.3 is 11.9 Å². The van der Waals surface area contributed by atoms with Gasteiger partial charge < -0.3 is 19.7 Å². The van der Waals surface area contributed by atoms with Crippen LogP contribution in [0.1, 0.15) is 13.8 Å². The molecule has 0 saturated heterocycles. The summed E-state index contributed by atoms with van der Waals surface area (Å²) in [6.07, 6.45) is 0. The van der Waals surface area contributed by atoms with E-state index in [9.17, 15) is 9.59 Å². The number of hydrogen-bond donors (Lipinski definition) is 2. The summed E-state index contributed by atoms with van der Waals surface area (Å²) in [5.41, 5.74) is 0. The Hall–Kier alpha value is -0.980. The maximum atomic E-state index is 9.81. The zero-order valence-electron chi connectivity index (χ0n) is 8.36. The predicted octanol–water partition coefficient (Wildman–Crippen LogP) is -0.916. The van der Waals surface area contributed by atoms with Crippen molar-refractivity contribution in [2.75, 3.05) is 26.4 Å². The Bertz CT molecular complexity index is 140. The van der Waals surface area contributed by atoms with Gasteiger partial charge in [-0.3, -0.25) is 9.59 Å². The molecule has 0 aromatic heterocycles. The molecule has 0 spiro atoms. The summed E-state index contributed by atoms with van der Waals surface area (Å²) >= 11 is 0. The van der Waals surface area contributed by atoms with Crippen molar-refractivity contribution in [3.63, 3.8) is 0 Å². The van der Waals surface area contributed by atoms with Gasteiger partial charge in [0.05, 0.1) is 26.4 Å². The van der Waals surface area contributed by atoms with Crippen LogP contribution in [0.15, 0.2) is 0 Å². The minimum absolute atomic E-state index is 0.0278. The second kappa shape index (κ2) is 12.0. The molecular weight excluding hydrogens is 192 g/mol. The van der Waals surface area contributed by atoms with E-state index >= 15 is 0 Å². The predicted molar refractivity (Wildman–Crippen MR) is 47.4 cm³/mol. The maximum Gasteiger partial charge on any atom is 0.310 e. The first-order valence-corrected chi connectivity index (χ1v) is 4.03. The Kier molecular flexibility index (Phi) is 13.3. The van der Waals surface area contributed by atoms with Crippen molar-refractivity contribution < 1.29 is 29.3 Å². The van der Waals surface area contributed by atoms with E-state index < -0.39 is 11.9 Å². The van der Waals surface area contributed by atoms with Crippen molar-refractivity contribution in [2.24, 2.45) is 0 Å². The average molecular weight is 208 g/mol. The van der Waals surface area contributed by atoms with Crippen molar-refractivity contribution in [1.82, 2.24) is 0 Å². The molecule has 0 unspecified atom stereocenters. The molecule has 6 heteroatoms. The lowest BCUT2D eigenvalue weighted by atomic mass is 10.7. The molecule has 2 N–H and O–H groups in total. The second-order valence-corrected chi connectivity index (χ2v) is 2.14. The minimum Gasteiger partial charge on any atom is -0.394 e. The third-order valence-corrected chi connectivity index (χ3v) is 0.759. The van der Waals surface area contributed by atoms with Crippen LogP contribution in [0, 0.1) is 0 Å². The minimum atomic E-state index is -0.562. The van der Waals surface area contributed by atoms with Crippen LogP contribution >= 0.6 is 0 Å². The van der Waals surface area contributed by atoms with Gasteiger partial charge in [0, 0.05) is 13.8 Å². The molecule has 0 radical (unpaired) electrons. The first-order valence-electron chi connectivity index (χ1n) is 4.03. The normalized spacial score (nSPS) is 8.57. The molecule has 0 aromatic carbocycles. The third-order valence-electron chi connectivity index (χ3n) is 0.759. The quantitative estimate of drug-likeness (QED) is 0.353. The van der Waals surface area contributed by atoms with Crippen LogP contribution in [-0.2, 0) is 19.1 Å². The Morgan fingerprint density at radius 1 is 1.00 bits per heavy atom. The van der Waals surface area contributed by atoms with Gasteiger partial charge in [0.15, 0.2) is 0 Å². The molecule has 0 aliphatic heterocycles. The van der Waals surface area contributed by atoms with Gasteiger partial charge in [-0.05, 0) is 0 Å². The summed E-state index contributed by atoms with van der Waals surface area (Å²) in [7, 11) is 0. The summed E-state index contributed by atoms with van der Waals surface area (Å²) in [4.78, 5) is 19.6. The van der Waals surface area contributed by atoms with Crippen LogP contribution in [0.25, 0.3) is 0 Å². The maximum absolute atomic E-state index is 9.81. The lowest BCUT2D eigenvalue weighted by molar-refractivity contribution is -0.156. The van der Waals surface area contributed by atoms with Crippen LogP contribution in [0.5, 0.6) is 0 Å². The molecule has 0 heterocycles. The zero-order valence-corrected chi connectivity index (χ0v) is 8.36. The van der Waals surface area contributed by atoms with E-state index in [1.165, 1.54) is 13.8 Å². The number of rotatable bonds is 4. The van der Waals surface area contributed by atoms with Gasteiger partial charge in [0.2, 0.25) is 0 Å². The Morgan fingerprint density at radius 3 is 1.50 bits per heavy atom. The topological polar surface area (TPSA) is 93.1 Å². The average Bonchev–Trinajstić information content (AvgIpc) is 2.04. The van der Waals surface area contributed by atoms with Gasteiger partial charge in [0.25, 0.3) is 0 Å². The number of carbonyl (C=O) groups excluding carboxylic acids is 2. The van der Waals surface area contributed by atoms with Crippen molar-refractivity contribution in [3.8, 4) is 0 Å². The smallest absolute Gasteiger partial charge is 0.310 e. The highest BCUT2D eigenvalue weighted by molar-refractivity contribution is 5.82. The fraction of sp³-hybridized carbons (Fsp3) is 0.750. The largest absolute Gasteiger partial charge is 0.394 e. The van der Waals surface area contributed by atoms with E-state index in [4.69, 9.17) is 10.2 Å². The van der Waals surface area contributed by atoms with Crippen molar-refractivity contribution in [1.29, 1.82) is 0 Å². The summed E-state index contributed by atoms with van der Waals surface area (Å²) in [5, 5.41) is 16.2. The van der Waals surface area contributed by atoms with Crippen LogP contribution in [-0.4, -0.2) is 48.6 Å². The van der Waals surface area contributed by atoms with Crippen LogP contribution in [0.2, 0.25) is 0 Å². The van der Waals surface area contributed by atoms with Crippen molar-refractivity contribution in [2.45, 2.75) is 13.8 Å². The molecule has 0 aliphatic rings. The molecule has 0 bridgehead atoms. The summed E-state index contributed by atoms with van der Waals surface area (Å²) < 4.78 is 8.60. The number of esters is 2. The number of ether oxygens (including phenoxy) is 2. The molecule has 0 aromatic rings. The molecule has 0 fully saturated rings. The van der Waals surface area contributed by atoms with Crippen LogP contribution in [0.4, 0.5) is 0 Å². The van der Waals surface area contributed by atoms with Gasteiger partial charge in [-0.25, -0.2) is 0 Å². The van der Waals surface area contributed by atoms with E-state index in [1.54, 1.807) is 0 Å². The van der Waals surface area contributed by atoms with E-state index in [0.717, 1.165) is 0 Å². The van der Waals surface area contributed by atoms with Crippen molar-refractivity contribution in [3.05, 3.63) is 0 Å². The number of aliphatic hydroxyl groups excluding tert-OH is 2. The lowest BCUT2D eigenvalue weighted by Gasteiger charge is -1.94. The van der Waals surface area contributed by atoms with E-state index in [2.05, 4.69) is 9.47 Å². The van der Waals surface area contributed by atoms with Gasteiger partial charge in [-0.1, -0.05) is 0 Å². The molecule has 14 heavy (non-hydrogen) atoms. The highest BCUT2D eigenvalue weighted by atomic mass is 16.6. The summed E-state index contributed by atoms with van der Waals surface area (Å²) in [6, 6.07) is 0. The molecule has 0 saturated carbocycles. The van der Waals surface area contributed by atoms with E-state index in [0.29, 0.717) is 13.2 Å². The first-order chi connectivity index (χ1) is 6.54. The van der Waals surface area contributed by atoms with Gasteiger partial charge in [-0.2, -0.15) is 0 Å². The van der Waals surface area contributed by atoms with Gasteiger partial charge in [-0.15, -0.1) is 0 Å². The molecular formula is C8H16O6. The third kappa shape index (κ3) is 22.5. The fourth-order valence-corrected chi connectivity index (χ4v) is 0.434. The highest BCUT2D eigenvalue weighted by Gasteiger charge is 1.93. The molecule has 0 atom stereocenters. The molecule has 0 rings (SSSR count). The van der Waals surface area contributed by atoms with Gasteiger partial charge in [0.1, 0.15) is 0 Å². The van der Waals surface area contributed by atoms with Crippen molar-refractivity contribution >= 4 is 11.9 Å². The van der Waals surface area contributed by atoms with E-state index in [-0.39, 0.29) is 13.2 Å². The lowest BCUT2D eigenvalue weighted by Crippen LogP contribution is -2.03. The molecule has 0 amide bonds. The molecule has 0 aliphatic carbocycles. The Balaban J connectivity index is 0. The SMILES string of the molecule is CC(=O)OC(C)=O.OCCOCCO. The Morgan fingerprint density at radius 2 is 1.36 bits per heavy atom. The zero-order chi connectivity index (χ0) is 11.4. The first kappa shape index (κ1) is 15.5. The molecule has 84 valence electrons. The number of aliphatic hydroxyl groups is 2.